The summed E-state index contributed by atoms with van der Waals surface area (Å²) in [5.41, 5.74) is 1.93. The van der Waals surface area contributed by atoms with Crippen LogP contribution >= 0.6 is 11.8 Å². The Morgan fingerprint density at radius 2 is 1.69 bits per heavy atom. The molecule has 3 rings (SSSR count). The van der Waals surface area contributed by atoms with Crippen molar-refractivity contribution in [3.05, 3.63) is 59.2 Å². The van der Waals surface area contributed by atoms with E-state index in [1.807, 2.05) is 31.4 Å². The molecule has 29 heavy (non-hydrogen) atoms. The summed E-state index contributed by atoms with van der Waals surface area (Å²) < 4.78 is 27.3. The predicted octanol–water partition coefficient (Wildman–Crippen LogP) is 3.07. The predicted molar refractivity (Wildman–Crippen MR) is 114 cm³/mol. The summed E-state index contributed by atoms with van der Waals surface area (Å²) >= 11 is 1.58. The number of benzene rings is 2. The van der Waals surface area contributed by atoms with E-state index in [0.717, 1.165) is 10.5 Å². The molecule has 1 amide bonds. The zero-order valence-corrected chi connectivity index (χ0v) is 18.3. The number of carbonyl (C=O) groups excluding carboxylic acids is 2. The molecule has 0 bridgehead atoms. The Balaban J connectivity index is 1.74. The average molecular weight is 433 g/mol. The molecular formula is C21H24N2O4S2. The first-order valence-electron chi connectivity index (χ1n) is 9.29. The maximum Gasteiger partial charge on any atom is 0.254 e. The molecule has 0 N–H and O–H groups in total. The molecule has 0 aromatic heterocycles. The van der Waals surface area contributed by atoms with E-state index in [4.69, 9.17) is 0 Å². The third-order valence-electron chi connectivity index (χ3n) is 5.08. The lowest BCUT2D eigenvalue weighted by Crippen LogP contribution is -2.50. The number of thioether (sulfide) groups is 1. The van der Waals surface area contributed by atoms with E-state index in [9.17, 15) is 18.0 Å². The summed E-state index contributed by atoms with van der Waals surface area (Å²) in [6.07, 6.45) is 1.96. The van der Waals surface area contributed by atoms with Crippen LogP contribution in [0.1, 0.15) is 33.2 Å². The molecule has 1 saturated heterocycles. The number of sulfonamides is 1. The Morgan fingerprint density at radius 1 is 1.00 bits per heavy atom. The molecule has 154 valence electrons. The van der Waals surface area contributed by atoms with Gasteiger partial charge in [0.25, 0.3) is 5.91 Å². The van der Waals surface area contributed by atoms with Gasteiger partial charge in [-0.05, 0) is 49.9 Å². The topological polar surface area (TPSA) is 74.8 Å². The van der Waals surface area contributed by atoms with E-state index in [2.05, 4.69) is 0 Å². The molecule has 0 aliphatic carbocycles. The number of aryl methyl sites for hydroxylation is 1. The molecule has 8 heteroatoms. The number of carbonyl (C=O) groups is 2. The van der Waals surface area contributed by atoms with Gasteiger partial charge in [-0.15, -0.1) is 11.8 Å². The Hall–Kier alpha value is -2.16. The molecular weight excluding hydrogens is 408 g/mol. The Bertz CT molecular complexity index is 1040. The molecule has 1 heterocycles. The molecule has 1 aliphatic rings. The summed E-state index contributed by atoms with van der Waals surface area (Å²) in [7, 11) is -3.71. The lowest BCUT2D eigenvalue weighted by Gasteiger charge is -2.34. The van der Waals surface area contributed by atoms with Gasteiger partial charge in [-0.25, -0.2) is 8.42 Å². The third kappa shape index (κ3) is 4.55. The highest BCUT2D eigenvalue weighted by Crippen LogP contribution is 2.23. The number of amides is 1. The lowest BCUT2D eigenvalue weighted by atomic mass is 10.1. The van der Waals surface area contributed by atoms with Crippen molar-refractivity contribution in [2.24, 2.45) is 0 Å². The Morgan fingerprint density at radius 3 is 2.31 bits per heavy atom. The smallest absolute Gasteiger partial charge is 0.254 e. The fourth-order valence-corrected chi connectivity index (χ4v) is 5.19. The fraction of sp³-hybridized carbons (Fsp3) is 0.333. The first-order valence-corrected chi connectivity index (χ1v) is 12.0. The van der Waals surface area contributed by atoms with Crippen molar-refractivity contribution in [2.75, 3.05) is 32.4 Å². The highest BCUT2D eigenvalue weighted by molar-refractivity contribution is 7.98. The average Bonchev–Trinajstić information content (AvgIpc) is 2.73. The van der Waals surface area contributed by atoms with Gasteiger partial charge >= 0.3 is 0 Å². The van der Waals surface area contributed by atoms with Crippen LogP contribution in [-0.4, -0.2) is 61.7 Å². The first kappa shape index (κ1) is 21.5. The molecule has 0 unspecified atom stereocenters. The number of rotatable bonds is 5. The molecule has 2 aromatic rings. The second kappa shape index (κ2) is 8.69. The van der Waals surface area contributed by atoms with Crippen LogP contribution in [0, 0.1) is 6.92 Å². The maximum absolute atomic E-state index is 13.0. The summed E-state index contributed by atoms with van der Waals surface area (Å²) in [6, 6.07) is 11.9. The van der Waals surface area contributed by atoms with Gasteiger partial charge in [0.2, 0.25) is 10.0 Å². The van der Waals surface area contributed by atoms with Crippen LogP contribution in [0.4, 0.5) is 0 Å². The molecule has 6 nitrogen and oxygen atoms in total. The van der Waals surface area contributed by atoms with Crippen LogP contribution in [0.2, 0.25) is 0 Å². The fourth-order valence-electron chi connectivity index (χ4n) is 3.29. The van der Waals surface area contributed by atoms with E-state index in [-0.39, 0.29) is 29.7 Å². The first-order chi connectivity index (χ1) is 13.7. The number of piperazine rings is 1. The molecule has 0 atom stereocenters. The van der Waals surface area contributed by atoms with Crippen LogP contribution in [0.15, 0.2) is 52.3 Å². The van der Waals surface area contributed by atoms with Gasteiger partial charge in [0.05, 0.1) is 4.90 Å². The molecule has 0 radical (unpaired) electrons. The van der Waals surface area contributed by atoms with Crippen LogP contribution in [0.5, 0.6) is 0 Å². The largest absolute Gasteiger partial charge is 0.336 e. The zero-order valence-electron chi connectivity index (χ0n) is 16.7. The van der Waals surface area contributed by atoms with E-state index in [0.29, 0.717) is 24.2 Å². The van der Waals surface area contributed by atoms with Gasteiger partial charge in [-0.1, -0.05) is 18.2 Å². The zero-order chi connectivity index (χ0) is 21.2. The van der Waals surface area contributed by atoms with Crippen molar-refractivity contribution in [1.29, 1.82) is 0 Å². The normalized spacial score (nSPS) is 15.3. The van der Waals surface area contributed by atoms with Gasteiger partial charge in [0.15, 0.2) is 5.78 Å². The highest BCUT2D eigenvalue weighted by atomic mass is 32.2. The minimum absolute atomic E-state index is 0.0750. The van der Waals surface area contributed by atoms with Gasteiger partial charge in [0, 0.05) is 42.2 Å². The van der Waals surface area contributed by atoms with E-state index in [1.165, 1.54) is 23.4 Å². The highest BCUT2D eigenvalue weighted by Gasteiger charge is 2.31. The Kier molecular flexibility index (Phi) is 6.45. The van der Waals surface area contributed by atoms with Crippen molar-refractivity contribution < 1.29 is 18.0 Å². The van der Waals surface area contributed by atoms with Gasteiger partial charge < -0.3 is 4.90 Å². The van der Waals surface area contributed by atoms with Crippen LogP contribution < -0.4 is 0 Å². The standard InChI is InChI=1S/C21H24N2O4S2/c1-15-7-8-18(28-3)14-20(15)21(25)22-9-11-23(12-10-22)29(26,27)19-6-4-5-17(13-19)16(2)24/h4-8,13-14H,9-12H2,1-3H3. The monoisotopic (exact) mass is 432 g/mol. The van der Waals surface area contributed by atoms with Crippen molar-refractivity contribution in [3.63, 3.8) is 0 Å². The summed E-state index contributed by atoms with van der Waals surface area (Å²) in [5.74, 6) is -0.255. The van der Waals surface area contributed by atoms with Crippen molar-refractivity contribution >= 4 is 33.5 Å². The van der Waals surface area contributed by atoms with Gasteiger partial charge in [-0.2, -0.15) is 4.31 Å². The van der Waals surface area contributed by atoms with Crippen molar-refractivity contribution in [3.8, 4) is 0 Å². The van der Waals surface area contributed by atoms with E-state index >= 15 is 0 Å². The Labute approximate surface area is 175 Å². The minimum Gasteiger partial charge on any atom is -0.336 e. The van der Waals surface area contributed by atoms with Gasteiger partial charge in [0.1, 0.15) is 0 Å². The van der Waals surface area contributed by atoms with Crippen LogP contribution in [0.3, 0.4) is 0 Å². The van der Waals surface area contributed by atoms with Crippen LogP contribution in [-0.2, 0) is 10.0 Å². The lowest BCUT2D eigenvalue weighted by molar-refractivity contribution is 0.0696. The van der Waals surface area contributed by atoms with Gasteiger partial charge in [-0.3, -0.25) is 9.59 Å². The van der Waals surface area contributed by atoms with E-state index < -0.39 is 10.0 Å². The summed E-state index contributed by atoms with van der Waals surface area (Å²) in [4.78, 5) is 27.3. The molecule has 1 fully saturated rings. The second-order valence-corrected chi connectivity index (χ2v) is 9.78. The molecule has 0 saturated carbocycles. The second-order valence-electron chi connectivity index (χ2n) is 6.96. The number of hydrogen-bond donors (Lipinski definition) is 0. The van der Waals surface area contributed by atoms with Crippen molar-refractivity contribution in [2.45, 2.75) is 23.6 Å². The number of nitrogens with zero attached hydrogens (tertiary/aromatic N) is 2. The van der Waals surface area contributed by atoms with Crippen molar-refractivity contribution in [1.82, 2.24) is 9.21 Å². The SMILES string of the molecule is CSc1ccc(C)c(C(=O)N2CCN(S(=O)(=O)c3cccc(C(C)=O)c3)CC2)c1. The van der Waals surface area contributed by atoms with E-state index in [1.54, 1.807) is 28.8 Å². The maximum atomic E-state index is 13.0. The molecule has 2 aromatic carbocycles. The quantitative estimate of drug-likeness (QED) is 0.536. The number of ketones is 1. The minimum atomic E-state index is -3.71. The summed E-state index contributed by atoms with van der Waals surface area (Å²) in [6.45, 7) is 4.41. The third-order valence-corrected chi connectivity index (χ3v) is 7.70. The summed E-state index contributed by atoms with van der Waals surface area (Å²) in [5, 5.41) is 0. The molecule has 0 spiro atoms. The van der Waals surface area contributed by atoms with Crippen LogP contribution in [0.25, 0.3) is 0 Å². The molecule has 1 aliphatic heterocycles. The number of Topliss-reactive ketones (excluding diaryl/α,β-unsaturated/α-hetero) is 1. The number of hydrogen-bond acceptors (Lipinski definition) is 5.